The lowest BCUT2D eigenvalue weighted by Gasteiger charge is -2.24. The van der Waals surface area contributed by atoms with Crippen LogP contribution in [0, 0.1) is 0 Å². The predicted octanol–water partition coefficient (Wildman–Crippen LogP) is 13.7. The van der Waals surface area contributed by atoms with Crippen molar-refractivity contribution in [1.82, 2.24) is 9.97 Å². The largest absolute Gasteiger partial charge is 0.457 e. The summed E-state index contributed by atoms with van der Waals surface area (Å²) < 4.78 is 49.0. The van der Waals surface area contributed by atoms with Crippen molar-refractivity contribution in [3.8, 4) is 45.1 Å². The molecule has 7 heteroatoms. The van der Waals surface area contributed by atoms with E-state index in [0.29, 0.717) is 39.8 Å². The number of pyridine rings is 2. The van der Waals surface area contributed by atoms with Crippen LogP contribution in [0.15, 0.2) is 85.2 Å². The highest BCUT2D eigenvalue weighted by Gasteiger charge is 2.37. The maximum absolute atomic E-state index is 14.1. The van der Waals surface area contributed by atoms with Gasteiger partial charge in [0.15, 0.2) is 0 Å². The molecule has 2 aromatic heterocycles. The molecule has 2 heterocycles. The second kappa shape index (κ2) is 14.5. The third-order valence-corrected chi connectivity index (χ3v) is 11.8. The minimum absolute atomic E-state index is 0.184. The van der Waals surface area contributed by atoms with E-state index >= 15 is 0 Å². The van der Waals surface area contributed by atoms with Gasteiger partial charge in [0.1, 0.15) is 11.5 Å². The van der Waals surface area contributed by atoms with Gasteiger partial charge in [0, 0.05) is 23.5 Å². The lowest BCUT2D eigenvalue weighted by Crippen LogP contribution is -2.42. The minimum atomic E-state index is -4.47. The van der Waals surface area contributed by atoms with E-state index in [2.05, 4.69) is 117 Å². The molecule has 0 saturated carbocycles. The minimum Gasteiger partial charge on any atom is -0.457 e. The zero-order chi connectivity index (χ0) is 39.3. The number of halogens is 3. The molecular weight excluding hydrogens is 682 g/mol. The average molecular weight is 737 g/mol. The van der Waals surface area contributed by atoms with E-state index < -0.39 is 19.8 Å². The van der Waals surface area contributed by atoms with E-state index in [-0.39, 0.29) is 10.8 Å². The first kappa shape index (κ1) is 40.0. The van der Waals surface area contributed by atoms with Gasteiger partial charge in [0.05, 0.1) is 25.0 Å². The third kappa shape index (κ3) is 9.12. The second-order valence-electron chi connectivity index (χ2n) is 18.0. The Kier molecular flexibility index (Phi) is 11.0. The third-order valence-electron chi connectivity index (χ3n) is 9.81. The van der Waals surface area contributed by atoms with Crippen LogP contribution in [-0.4, -0.2) is 18.0 Å². The van der Waals surface area contributed by atoms with Gasteiger partial charge in [-0.2, -0.15) is 13.2 Å². The van der Waals surface area contributed by atoms with Crippen molar-refractivity contribution < 1.29 is 17.9 Å². The Labute approximate surface area is 316 Å². The molecule has 0 bridgehead atoms. The van der Waals surface area contributed by atoms with Gasteiger partial charge in [-0.3, -0.25) is 9.97 Å². The van der Waals surface area contributed by atoms with Crippen molar-refractivity contribution in [2.24, 2.45) is 0 Å². The number of hydrogen-bond donors (Lipinski definition) is 0. The number of nitrogens with zero attached hydrogens (tertiary/aromatic N) is 2. The van der Waals surface area contributed by atoms with Crippen LogP contribution in [-0.2, 0) is 17.0 Å². The van der Waals surface area contributed by atoms with Crippen molar-refractivity contribution in [2.45, 2.75) is 118 Å². The van der Waals surface area contributed by atoms with E-state index in [0.717, 1.165) is 34.1 Å². The highest BCUT2D eigenvalue weighted by Crippen LogP contribution is 2.40. The van der Waals surface area contributed by atoms with E-state index in [1.54, 1.807) is 6.07 Å². The average Bonchev–Trinajstić information content (AvgIpc) is 3.05. The van der Waals surface area contributed by atoms with Crippen LogP contribution in [0.2, 0.25) is 19.6 Å². The fourth-order valence-electron chi connectivity index (χ4n) is 6.70. The van der Waals surface area contributed by atoms with Gasteiger partial charge in [0.25, 0.3) is 0 Å². The fraction of sp³-hybridized carbons (Fsp3) is 0.391. The van der Waals surface area contributed by atoms with Crippen LogP contribution >= 0.6 is 0 Å². The van der Waals surface area contributed by atoms with Gasteiger partial charge in [0.2, 0.25) is 0 Å². The molecule has 5 rings (SSSR count). The van der Waals surface area contributed by atoms with Crippen molar-refractivity contribution in [3.63, 3.8) is 0 Å². The molecule has 3 aromatic carbocycles. The van der Waals surface area contributed by atoms with E-state index in [1.165, 1.54) is 16.7 Å². The summed E-state index contributed by atoms with van der Waals surface area (Å²) in [5.74, 6) is 1.97. The highest BCUT2D eigenvalue weighted by atomic mass is 28.3. The summed E-state index contributed by atoms with van der Waals surface area (Å²) in [6.45, 7) is 27.6. The van der Waals surface area contributed by atoms with Crippen LogP contribution in [0.1, 0.15) is 109 Å². The highest BCUT2D eigenvalue weighted by molar-refractivity contribution is 6.89. The van der Waals surface area contributed by atoms with E-state index in [9.17, 15) is 13.2 Å². The summed E-state index contributed by atoms with van der Waals surface area (Å²) in [4.78, 5) is 9.23. The molecular formula is C46H55F3N2OSi. The number of ether oxygens (including phenoxy) is 1. The fourth-order valence-corrected chi connectivity index (χ4v) is 8.29. The van der Waals surface area contributed by atoms with Gasteiger partial charge in [-0.15, -0.1) is 0 Å². The summed E-state index contributed by atoms with van der Waals surface area (Å²) >= 11 is 0. The molecule has 3 nitrogen and oxygen atoms in total. The molecule has 0 saturated heterocycles. The quantitative estimate of drug-likeness (QED) is 0.149. The first-order valence-corrected chi connectivity index (χ1v) is 22.1. The number of rotatable bonds is 8. The summed E-state index contributed by atoms with van der Waals surface area (Å²) in [5.41, 5.74) is 9.04. The maximum atomic E-state index is 14.1. The summed E-state index contributed by atoms with van der Waals surface area (Å²) in [6.07, 6.45) is -1.58. The zero-order valence-electron chi connectivity index (χ0n) is 33.7. The van der Waals surface area contributed by atoms with Crippen LogP contribution in [0.5, 0.6) is 11.5 Å². The van der Waals surface area contributed by atoms with E-state index in [1.807, 2.05) is 50.1 Å². The molecule has 0 N–H and O–H groups in total. The zero-order valence-corrected chi connectivity index (χ0v) is 34.7. The van der Waals surface area contributed by atoms with Gasteiger partial charge in [-0.25, -0.2) is 0 Å². The number of benzene rings is 3. The molecule has 280 valence electrons. The first-order chi connectivity index (χ1) is 24.4. The van der Waals surface area contributed by atoms with Gasteiger partial charge in [-0.1, -0.05) is 107 Å². The van der Waals surface area contributed by atoms with Crippen molar-refractivity contribution in [3.05, 3.63) is 113 Å². The monoisotopic (exact) mass is 736 g/mol. The van der Waals surface area contributed by atoms with Gasteiger partial charge < -0.3 is 4.74 Å². The normalized spacial score (nSPS) is 12.9. The smallest absolute Gasteiger partial charge is 0.417 e. The second-order valence-corrected chi connectivity index (χ2v) is 23.0. The summed E-state index contributed by atoms with van der Waals surface area (Å²) in [7, 11) is -2.38. The van der Waals surface area contributed by atoms with Gasteiger partial charge >= 0.3 is 6.18 Å². The molecule has 0 aliphatic heterocycles. The number of hydrogen-bond acceptors (Lipinski definition) is 3. The molecule has 53 heavy (non-hydrogen) atoms. The van der Waals surface area contributed by atoms with Crippen molar-refractivity contribution in [1.29, 1.82) is 0 Å². The molecule has 0 amide bonds. The van der Waals surface area contributed by atoms with Crippen LogP contribution in [0.3, 0.4) is 0 Å². The summed E-state index contributed by atoms with van der Waals surface area (Å²) in [5, 5.41) is 0.340. The molecule has 0 atom stereocenters. The SMILES string of the molecule is CC(C)c1cccc(C(C)C)c1-c1ccnc(-c2cc(Oc3cc(-c4cc([Si](C)(C)C)c(C(F)(F)F)cn4)cc(C(C)(C)C)c3)cc(C(C)(C)C)c2)c1. The number of alkyl halides is 3. The van der Waals surface area contributed by atoms with Crippen LogP contribution in [0.4, 0.5) is 13.2 Å². The first-order valence-electron chi connectivity index (χ1n) is 18.6. The Morgan fingerprint density at radius 2 is 1.09 bits per heavy atom. The Balaban J connectivity index is 1.65. The molecule has 0 spiro atoms. The van der Waals surface area contributed by atoms with E-state index in [4.69, 9.17) is 9.72 Å². The lowest BCUT2D eigenvalue weighted by atomic mass is 9.84. The van der Waals surface area contributed by atoms with Crippen LogP contribution in [0.25, 0.3) is 33.6 Å². The number of aromatic nitrogens is 2. The molecule has 0 radical (unpaired) electrons. The molecule has 0 aliphatic carbocycles. The molecule has 5 aromatic rings. The lowest BCUT2D eigenvalue weighted by molar-refractivity contribution is -0.137. The van der Waals surface area contributed by atoms with Crippen LogP contribution < -0.4 is 9.92 Å². The molecule has 0 unspecified atom stereocenters. The van der Waals surface area contributed by atoms with Gasteiger partial charge in [-0.05, 0) is 116 Å². The molecule has 0 aliphatic rings. The van der Waals surface area contributed by atoms with Crippen molar-refractivity contribution >= 4 is 13.3 Å². The molecule has 0 fully saturated rings. The Morgan fingerprint density at radius 1 is 0.604 bits per heavy atom. The predicted molar refractivity (Wildman–Crippen MR) is 218 cm³/mol. The Morgan fingerprint density at radius 3 is 1.53 bits per heavy atom. The summed E-state index contributed by atoms with van der Waals surface area (Å²) in [6, 6.07) is 24.8. The Hall–Kier alpha value is -4.23. The Bertz CT molecular complexity index is 2090. The topological polar surface area (TPSA) is 35.0 Å². The van der Waals surface area contributed by atoms with Crippen molar-refractivity contribution in [2.75, 3.05) is 0 Å². The standard InChI is InChI=1S/C46H55F3N2OSi/c1-28(2)37-15-14-16-38(29(3)4)43(37)30-17-18-50-40(23-30)31-19-33(44(5,6)7)24-35(21-31)52-36-22-32(20-34(25-36)45(8,9)10)41-26-42(53(11,12)13)39(27-51-41)46(47,48)49/h14-29H,1-13H3. The maximum Gasteiger partial charge on any atom is 0.417 e.